The zero-order valence-electron chi connectivity index (χ0n) is 15.4. The highest BCUT2D eigenvalue weighted by atomic mass is 16.5. The molecule has 0 aliphatic rings. The fourth-order valence-corrected chi connectivity index (χ4v) is 2.40. The molecular weight excluding hydrogens is 376 g/mol. The SMILES string of the molecule is C.C.C.C.COc1ccc(C(C)=O)cc1.COc1ccc2cc(C(C)=O)ccc2c1. The standard InChI is InChI=1S/C13H12O2.C9H10O2.4CH4/c1-9(14)10-3-4-12-8-13(15-2)6-5-11(12)7-10;1-7(10)8-3-5-9(11-2)6-4-8;;;;/h3-8H,1-2H3;3-6H,1-2H3;4*1H4. The van der Waals surface area contributed by atoms with Crippen LogP contribution in [0.15, 0.2) is 60.7 Å². The van der Waals surface area contributed by atoms with Crippen molar-refractivity contribution in [1.29, 1.82) is 0 Å². The van der Waals surface area contributed by atoms with E-state index in [0.29, 0.717) is 5.56 Å². The lowest BCUT2D eigenvalue weighted by Crippen LogP contribution is -1.91. The Bertz CT molecular complexity index is 912. The van der Waals surface area contributed by atoms with Gasteiger partial charge >= 0.3 is 0 Å². The summed E-state index contributed by atoms with van der Waals surface area (Å²) in [5, 5.41) is 2.14. The monoisotopic (exact) mass is 414 g/mol. The van der Waals surface area contributed by atoms with Crippen molar-refractivity contribution in [3.8, 4) is 11.5 Å². The van der Waals surface area contributed by atoms with E-state index < -0.39 is 0 Å². The second-order valence-electron chi connectivity index (χ2n) is 5.77. The number of methoxy groups -OCH3 is 2. The molecule has 0 spiro atoms. The predicted octanol–water partition coefficient (Wildman–Crippen LogP) is 7.49. The van der Waals surface area contributed by atoms with E-state index >= 15 is 0 Å². The average molecular weight is 415 g/mol. The van der Waals surface area contributed by atoms with Crippen LogP contribution < -0.4 is 9.47 Å². The third-order valence-electron chi connectivity index (χ3n) is 3.95. The summed E-state index contributed by atoms with van der Waals surface area (Å²) in [6.45, 7) is 3.12. The summed E-state index contributed by atoms with van der Waals surface area (Å²) >= 11 is 0. The van der Waals surface area contributed by atoms with Crippen LogP contribution >= 0.6 is 0 Å². The number of ketones is 2. The van der Waals surface area contributed by atoms with Crippen LogP contribution in [-0.4, -0.2) is 25.8 Å². The largest absolute Gasteiger partial charge is 0.497 e. The fourth-order valence-electron chi connectivity index (χ4n) is 2.40. The van der Waals surface area contributed by atoms with Crippen LogP contribution in [0, 0.1) is 0 Å². The van der Waals surface area contributed by atoms with Gasteiger partial charge in [-0.05, 0) is 67.1 Å². The van der Waals surface area contributed by atoms with E-state index in [9.17, 15) is 9.59 Å². The number of benzene rings is 3. The van der Waals surface area contributed by atoms with Gasteiger partial charge < -0.3 is 9.47 Å². The third kappa shape index (κ3) is 8.48. The predicted molar refractivity (Wildman–Crippen MR) is 130 cm³/mol. The van der Waals surface area contributed by atoms with Gasteiger partial charge in [0.25, 0.3) is 0 Å². The number of fused-ring (bicyclic) bond motifs is 1. The van der Waals surface area contributed by atoms with Crippen molar-refractivity contribution in [3.63, 3.8) is 0 Å². The van der Waals surface area contributed by atoms with E-state index in [4.69, 9.17) is 9.47 Å². The molecule has 0 saturated heterocycles. The van der Waals surface area contributed by atoms with Crippen LogP contribution in [-0.2, 0) is 0 Å². The first-order valence-corrected chi connectivity index (χ1v) is 8.18. The molecule has 0 N–H and O–H groups in total. The molecule has 0 heterocycles. The quantitative estimate of drug-likeness (QED) is 0.415. The molecule has 0 aliphatic carbocycles. The zero-order valence-corrected chi connectivity index (χ0v) is 15.4. The average Bonchev–Trinajstić information content (AvgIpc) is 2.67. The van der Waals surface area contributed by atoms with Gasteiger partial charge in [-0.3, -0.25) is 9.59 Å². The van der Waals surface area contributed by atoms with E-state index in [1.165, 1.54) is 0 Å². The Hall–Kier alpha value is -3.14. The van der Waals surface area contributed by atoms with Gasteiger partial charge in [-0.25, -0.2) is 0 Å². The first-order chi connectivity index (χ1) is 12.4. The van der Waals surface area contributed by atoms with Crippen molar-refractivity contribution in [2.45, 2.75) is 43.6 Å². The van der Waals surface area contributed by atoms with Gasteiger partial charge in [0.05, 0.1) is 14.2 Å². The van der Waals surface area contributed by atoms with Gasteiger partial charge in [0, 0.05) is 11.1 Å². The highest BCUT2D eigenvalue weighted by Crippen LogP contribution is 2.21. The lowest BCUT2D eigenvalue weighted by atomic mass is 10.0. The molecule has 0 amide bonds. The maximum atomic E-state index is 11.2. The summed E-state index contributed by atoms with van der Waals surface area (Å²) in [7, 11) is 3.24. The van der Waals surface area contributed by atoms with Crippen molar-refractivity contribution in [3.05, 3.63) is 71.8 Å². The minimum Gasteiger partial charge on any atom is -0.497 e. The smallest absolute Gasteiger partial charge is 0.159 e. The number of carbonyl (C=O) groups excluding carboxylic acids is 2. The van der Waals surface area contributed by atoms with Gasteiger partial charge in [0.1, 0.15) is 11.5 Å². The highest BCUT2D eigenvalue weighted by Gasteiger charge is 2.01. The molecule has 4 heteroatoms. The summed E-state index contributed by atoms with van der Waals surface area (Å²) < 4.78 is 10.1. The maximum absolute atomic E-state index is 11.2. The molecule has 3 aromatic rings. The summed E-state index contributed by atoms with van der Waals surface area (Å²) in [6.07, 6.45) is 0. The number of carbonyl (C=O) groups is 2. The van der Waals surface area contributed by atoms with Gasteiger partial charge in [-0.1, -0.05) is 47.9 Å². The van der Waals surface area contributed by atoms with Gasteiger partial charge in [0.2, 0.25) is 0 Å². The number of hydrogen-bond donors (Lipinski definition) is 0. The van der Waals surface area contributed by atoms with E-state index in [1.807, 2.05) is 36.4 Å². The van der Waals surface area contributed by atoms with E-state index in [-0.39, 0.29) is 41.3 Å². The van der Waals surface area contributed by atoms with Crippen molar-refractivity contribution in [2.75, 3.05) is 14.2 Å². The minimum atomic E-state index is 0. The summed E-state index contributed by atoms with van der Waals surface area (Å²) in [6, 6.07) is 18.5. The number of Topliss-reactive ketones (excluding diaryl/α,β-unsaturated/α-hetero) is 2. The molecular formula is C26H38O4. The maximum Gasteiger partial charge on any atom is 0.159 e. The number of ether oxygens (including phenoxy) is 2. The second kappa shape index (κ2) is 14.8. The topological polar surface area (TPSA) is 52.6 Å². The Morgan fingerprint density at radius 3 is 1.43 bits per heavy atom. The van der Waals surface area contributed by atoms with Crippen molar-refractivity contribution in [2.24, 2.45) is 0 Å². The molecule has 0 unspecified atom stereocenters. The van der Waals surface area contributed by atoms with Crippen LogP contribution in [0.1, 0.15) is 64.3 Å². The minimum absolute atomic E-state index is 0. The molecule has 0 radical (unpaired) electrons. The Balaban J connectivity index is -0.000000444. The summed E-state index contributed by atoms with van der Waals surface area (Å²) in [4.78, 5) is 22.0. The van der Waals surface area contributed by atoms with E-state index in [1.54, 1.807) is 52.3 Å². The van der Waals surface area contributed by atoms with Crippen LogP contribution in [0.2, 0.25) is 0 Å². The van der Waals surface area contributed by atoms with Crippen molar-refractivity contribution in [1.82, 2.24) is 0 Å². The molecule has 0 aliphatic heterocycles. The molecule has 0 fully saturated rings. The second-order valence-corrected chi connectivity index (χ2v) is 5.77. The molecule has 0 bridgehead atoms. The van der Waals surface area contributed by atoms with E-state index in [0.717, 1.165) is 27.8 Å². The third-order valence-corrected chi connectivity index (χ3v) is 3.95. The van der Waals surface area contributed by atoms with Gasteiger partial charge in [-0.2, -0.15) is 0 Å². The number of hydrogen-bond acceptors (Lipinski definition) is 4. The first-order valence-electron chi connectivity index (χ1n) is 8.18. The molecule has 30 heavy (non-hydrogen) atoms. The molecule has 3 rings (SSSR count). The molecule has 0 atom stereocenters. The number of rotatable bonds is 4. The summed E-state index contributed by atoms with van der Waals surface area (Å²) in [5.41, 5.74) is 1.46. The van der Waals surface area contributed by atoms with Crippen LogP contribution in [0.4, 0.5) is 0 Å². The normalized spacial score (nSPS) is 8.53. The van der Waals surface area contributed by atoms with E-state index in [2.05, 4.69) is 0 Å². The molecule has 3 aromatic carbocycles. The van der Waals surface area contributed by atoms with Gasteiger partial charge in [-0.15, -0.1) is 0 Å². The Labute approximate surface area is 182 Å². The van der Waals surface area contributed by atoms with Crippen molar-refractivity contribution >= 4 is 22.3 Å². The Morgan fingerprint density at radius 1 is 0.567 bits per heavy atom. The summed E-state index contributed by atoms with van der Waals surface area (Å²) in [5.74, 6) is 1.77. The highest BCUT2D eigenvalue weighted by molar-refractivity contribution is 5.98. The van der Waals surface area contributed by atoms with Crippen LogP contribution in [0.3, 0.4) is 0 Å². The zero-order chi connectivity index (χ0) is 19.1. The molecule has 4 nitrogen and oxygen atoms in total. The lowest BCUT2D eigenvalue weighted by molar-refractivity contribution is 0.100. The van der Waals surface area contributed by atoms with Gasteiger partial charge in [0.15, 0.2) is 11.6 Å². The van der Waals surface area contributed by atoms with Crippen LogP contribution in [0.5, 0.6) is 11.5 Å². The molecule has 0 saturated carbocycles. The first kappa shape index (κ1) is 31.6. The fraction of sp³-hybridized carbons (Fsp3) is 0.308. The Morgan fingerprint density at radius 2 is 0.967 bits per heavy atom. The molecule has 0 aromatic heterocycles. The van der Waals surface area contributed by atoms with Crippen LogP contribution in [0.25, 0.3) is 10.8 Å². The van der Waals surface area contributed by atoms with Crippen molar-refractivity contribution < 1.29 is 19.1 Å². The lowest BCUT2D eigenvalue weighted by Gasteiger charge is -2.03. The Kier molecular flexibility index (Phi) is 15.6. The molecule has 166 valence electrons.